The van der Waals surface area contributed by atoms with Crippen LogP contribution in [0, 0.1) is 11.3 Å². The first kappa shape index (κ1) is 19.8. The maximum Gasteiger partial charge on any atom is 0.262 e. The van der Waals surface area contributed by atoms with E-state index in [4.69, 9.17) is 14.7 Å². The van der Waals surface area contributed by atoms with Crippen molar-refractivity contribution in [3.8, 4) is 17.6 Å². The molecule has 6 heteroatoms. The zero-order chi connectivity index (χ0) is 19.1. The van der Waals surface area contributed by atoms with Crippen molar-refractivity contribution < 1.29 is 14.3 Å². The molecule has 0 aromatic heterocycles. The highest BCUT2D eigenvalue weighted by Gasteiger charge is 2.15. The Morgan fingerprint density at radius 1 is 1.27 bits per heavy atom. The summed E-state index contributed by atoms with van der Waals surface area (Å²) in [5.74, 6) is 0.855. The number of anilines is 1. The maximum absolute atomic E-state index is 12.3. The quantitative estimate of drug-likeness (QED) is 0.699. The van der Waals surface area contributed by atoms with Gasteiger partial charge in [0.25, 0.3) is 5.91 Å². The van der Waals surface area contributed by atoms with Gasteiger partial charge in [0.05, 0.1) is 22.7 Å². The number of ether oxygens (including phenoxy) is 2. The Labute approximate surface area is 162 Å². The summed E-state index contributed by atoms with van der Waals surface area (Å²) in [6.07, 6.45) is 0. The van der Waals surface area contributed by atoms with Crippen molar-refractivity contribution in [2.45, 2.75) is 26.7 Å². The number of benzene rings is 2. The number of rotatable bonds is 7. The molecule has 0 aliphatic heterocycles. The molecule has 26 heavy (non-hydrogen) atoms. The molecule has 1 N–H and O–H groups in total. The predicted octanol–water partition coefficient (Wildman–Crippen LogP) is 4.86. The van der Waals surface area contributed by atoms with Gasteiger partial charge >= 0.3 is 0 Å². The van der Waals surface area contributed by atoms with Crippen LogP contribution in [0.5, 0.6) is 11.5 Å². The predicted molar refractivity (Wildman–Crippen MR) is 105 cm³/mol. The van der Waals surface area contributed by atoms with Gasteiger partial charge < -0.3 is 14.8 Å². The molecule has 0 spiro atoms. The van der Waals surface area contributed by atoms with Crippen molar-refractivity contribution in [1.82, 2.24) is 0 Å². The van der Waals surface area contributed by atoms with E-state index in [0.717, 1.165) is 11.3 Å². The minimum absolute atomic E-state index is 0.170. The monoisotopic (exact) mass is 416 g/mol. The van der Waals surface area contributed by atoms with Crippen molar-refractivity contribution in [2.75, 3.05) is 18.5 Å². The second kappa shape index (κ2) is 9.25. The Kier molecular flexibility index (Phi) is 7.05. The molecule has 5 nitrogen and oxygen atoms in total. The fourth-order valence-corrected chi connectivity index (χ4v) is 3.03. The van der Waals surface area contributed by atoms with E-state index in [-0.39, 0.29) is 12.5 Å². The minimum atomic E-state index is -0.267. The number of hydrogen-bond acceptors (Lipinski definition) is 4. The van der Waals surface area contributed by atoms with Crippen LogP contribution in [0.2, 0.25) is 0 Å². The van der Waals surface area contributed by atoms with Crippen LogP contribution in [0.1, 0.15) is 37.8 Å². The van der Waals surface area contributed by atoms with Gasteiger partial charge in [0.15, 0.2) is 18.1 Å². The van der Waals surface area contributed by atoms with Gasteiger partial charge in [0.2, 0.25) is 0 Å². The smallest absolute Gasteiger partial charge is 0.262 e. The molecular weight excluding hydrogens is 396 g/mol. The Bertz CT molecular complexity index is 828. The SMILES string of the molecule is CCOc1cc(C#N)cc(Br)c1OCC(=O)Nc1ccccc1C(C)C. The lowest BCUT2D eigenvalue weighted by Crippen LogP contribution is -2.21. The molecule has 2 aromatic rings. The lowest BCUT2D eigenvalue weighted by atomic mass is 10.0. The number of hydrogen-bond donors (Lipinski definition) is 1. The number of carbonyl (C=O) groups is 1. The molecule has 1 amide bonds. The van der Waals surface area contributed by atoms with E-state index in [1.54, 1.807) is 12.1 Å². The molecular formula is C20H21BrN2O3. The van der Waals surface area contributed by atoms with Gasteiger partial charge in [0, 0.05) is 11.8 Å². The Morgan fingerprint density at radius 3 is 2.65 bits per heavy atom. The summed E-state index contributed by atoms with van der Waals surface area (Å²) in [5, 5.41) is 12.0. The van der Waals surface area contributed by atoms with E-state index in [0.29, 0.717) is 34.1 Å². The summed E-state index contributed by atoms with van der Waals surface area (Å²) in [7, 11) is 0. The van der Waals surface area contributed by atoms with E-state index >= 15 is 0 Å². The molecule has 0 radical (unpaired) electrons. The molecule has 2 rings (SSSR count). The van der Waals surface area contributed by atoms with E-state index in [1.807, 2.05) is 31.2 Å². The third kappa shape index (κ3) is 4.99. The van der Waals surface area contributed by atoms with Crippen molar-refractivity contribution in [2.24, 2.45) is 0 Å². The van der Waals surface area contributed by atoms with Crippen LogP contribution in [-0.2, 0) is 4.79 Å². The van der Waals surface area contributed by atoms with Gasteiger partial charge in [-0.2, -0.15) is 5.26 Å². The second-order valence-electron chi connectivity index (χ2n) is 5.91. The number of para-hydroxylation sites is 1. The number of nitriles is 1. The Morgan fingerprint density at radius 2 is 2.00 bits per heavy atom. The first-order valence-electron chi connectivity index (χ1n) is 8.34. The summed E-state index contributed by atoms with van der Waals surface area (Å²) < 4.78 is 11.7. The van der Waals surface area contributed by atoms with Crippen molar-refractivity contribution in [3.63, 3.8) is 0 Å². The summed E-state index contributed by atoms with van der Waals surface area (Å²) in [6, 6.07) is 13.0. The largest absolute Gasteiger partial charge is 0.490 e. The van der Waals surface area contributed by atoms with Crippen LogP contribution < -0.4 is 14.8 Å². The van der Waals surface area contributed by atoms with Crippen molar-refractivity contribution in [1.29, 1.82) is 5.26 Å². The van der Waals surface area contributed by atoms with Gasteiger partial charge in [-0.1, -0.05) is 32.0 Å². The molecule has 0 saturated heterocycles. The second-order valence-corrected chi connectivity index (χ2v) is 6.76. The van der Waals surface area contributed by atoms with Crippen LogP contribution in [-0.4, -0.2) is 19.1 Å². The Hall–Kier alpha value is -2.52. The third-order valence-electron chi connectivity index (χ3n) is 3.64. The van der Waals surface area contributed by atoms with Crippen LogP contribution in [0.15, 0.2) is 40.9 Å². The molecule has 0 bridgehead atoms. The third-order valence-corrected chi connectivity index (χ3v) is 4.23. The molecule has 0 aliphatic carbocycles. The lowest BCUT2D eigenvalue weighted by Gasteiger charge is -2.16. The molecule has 0 unspecified atom stereocenters. The summed E-state index contributed by atoms with van der Waals surface area (Å²) in [6.45, 7) is 6.24. The first-order chi connectivity index (χ1) is 12.5. The molecule has 0 atom stereocenters. The molecule has 2 aromatic carbocycles. The van der Waals surface area contributed by atoms with Gasteiger partial charge in [-0.25, -0.2) is 0 Å². The maximum atomic E-state index is 12.3. The number of halogens is 1. The summed E-state index contributed by atoms with van der Waals surface area (Å²) in [5.41, 5.74) is 2.29. The first-order valence-corrected chi connectivity index (χ1v) is 9.13. The minimum Gasteiger partial charge on any atom is -0.490 e. The van der Waals surface area contributed by atoms with Crippen LogP contribution in [0.25, 0.3) is 0 Å². The molecule has 0 aliphatic rings. The average Bonchev–Trinajstić information content (AvgIpc) is 2.61. The summed E-state index contributed by atoms with van der Waals surface area (Å²) >= 11 is 3.37. The van der Waals surface area contributed by atoms with Gasteiger partial charge in [-0.15, -0.1) is 0 Å². The van der Waals surface area contributed by atoms with Crippen molar-refractivity contribution >= 4 is 27.5 Å². The molecule has 136 valence electrons. The molecule has 0 heterocycles. The highest BCUT2D eigenvalue weighted by molar-refractivity contribution is 9.10. The molecule has 0 fully saturated rings. The van der Waals surface area contributed by atoms with E-state index in [1.165, 1.54) is 0 Å². The van der Waals surface area contributed by atoms with Gasteiger partial charge in [0.1, 0.15) is 0 Å². The van der Waals surface area contributed by atoms with Crippen LogP contribution >= 0.6 is 15.9 Å². The Balaban J connectivity index is 2.12. The van der Waals surface area contributed by atoms with E-state index in [2.05, 4.69) is 41.2 Å². The highest BCUT2D eigenvalue weighted by atomic mass is 79.9. The van der Waals surface area contributed by atoms with Crippen molar-refractivity contribution in [3.05, 3.63) is 52.0 Å². The summed E-state index contributed by atoms with van der Waals surface area (Å²) in [4.78, 5) is 12.3. The highest BCUT2D eigenvalue weighted by Crippen LogP contribution is 2.36. The van der Waals surface area contributed by atoms with E-state index in [9.17, 15) is 4.79 Å². The topological polar surface area (TPSA) is 71.3 Å². The standard InChI is InChI=1S/C20H21BrN2O3/c1-4-25-18-10-14(11-22)9-16(21)20(18)26-12-19(24)23-17-8-6-5-7-15(17)13(2)3/h5-10,13H,4,12H2,1-3H3,(H,23,24). The number of nitrogens with one attached hydrogen (secondary N) is 1. The van der Waals surface area contributed by atoms with Gasteiger partial charge in [-0.05, 0) is 46.5 Å². The number of nitrogens with zero attached hydrogens (tertiary/aromatic N) is 1. The van der Waals surface area contributed by atoms with Crippen LogP contribution in [0.3, 0.4) is 0 Å². The fraction of sp³-hybridized carbons (Fsp3) is 0.300. The van der Waals surface area contributed by atoms with Gasteiger partial charge in [-0.3, -0.25) is 4.79 Å². The molecule has 0 saturated carbocycles. The average molecular weight is 417 g/mol. The zero-order valence-corrected chi connectivity index (χ0v) is 16.6. The number of amides is 1. The fourth-order valence-electron chi connectivity index (χ4n) is 2.47. The number of carbonyl (C=O) groups excluding carboxylic acids is 1. The van der Waals surface area contributed by atoms with E-state index < -0.39 is 0 Å². The normalized spacial score (nSPS) is 10.3. The lowest BCUT2D eigenvalue weighted by molar-refractivity contribution is -0.118. The van der Waals surface area contributed by atoms with Crippen LogP contribution in [0.4, 0.5) is 5.69 Å². The zero-order valence-electron chi connectivity index (χ0n) is 15.0.